The topological polar surface area (TPSA) is 75.8 Å². The summed E-state index contributed by atoms with van der Waals surface area (Å²) in [6.45, 7) is 2.33. The Kier molecular flexibility index (Phi) is 8.83. The number of alkyl halides is 1. The molecule has 0 saturated carbocycles. The molecule has 0 radical (unpaired) electrons. The summed E-state index contributed by atoms with van der Waals surface area (Å²) in [4.78, 5) is 4.72. The molecule has 3 aromatic rings. The molecule has 0 aliphatic rings. The van der Waals surface area contributed by atoms with Crippen LogP contribution >= 0.6 is 0 Å². The van der Waals surface area contributed by atoms with Crippen LogP contribution in [0.4, 0.5) is 10.1 Å². The van der Waals surface area contributed by atoms with E-state index in [9.17, 15) is 4.39 Å². The second-order valence-corrected chi connectivity index (χ2v) is 6.55. The zero-order valence-electron chi connectivity index (χ0n) is 16.9. The summed E-state index contributed by atoms with van der Waals surface area (Å²) in [5, 5.41) is 1.01. The van der Waals surface area contributed by atoms with Gasteiger partial charge in [-0.1, -0.05) is 18.2 Å². The van der Waals surface area contributed by atoms with Crippen molar-refractivity contribution in [1.29, 1.82) is 0 Å². The molecule has 6 nitrogen and oxygen atoms in total. The Morgan fingerprint density at radius 1 is 0.733 bits per heavy atom. The fraction of sp³-hybridized carbons (Fsp3) is 0.348. The van der Waals surface area contributed by atoms with E-state index in [-0.39, 0.29) is 6.61 Å². The largest absolute Gasteiger partial charge is 0.491 e. The molecule has 2 N–H and O–H groups in total. The standard InChI is InChI=1S/C23H27FN2O4/c24-9-10-27-11-12-28-13-14-29-15-16-30-21-6-8-23-19(17-21)3-7-22(26-23)18-1-4-20(25)5-2-18/h1-8,17H,9-16,25H2/i24-1. The van der Waals surface area contributed by atoms with E-state index in [0.717, 1.165) is 33.6 Å². The van der Waals surface area contributed by atoms with Crippen molar-refractivity contribution in [2.24, 2.45) is 0 Å². The zero-order chi connectivity index (χ0) is 21.0. The van der Waals surface area contributed by atoms with Crippen LogP contribution < -0.4 is 10.5 Å². The van der Waals surface area contributed by atoms with Gasteiger partial charge in [-0.2, -0.15) is 0 Å². The van der Waals surface area contributed by atoms with Crippen molar-refractivity contribution >= 4 is 16.6 Å². The van der Waals surface area contributed by atoms with E-state index in [1.807, 2.05) is 54.6 Å². The summed E-state index contributed by atoms with van der Waals surface area (Å²) in [5.74, 6) is 0.773. The number of aromatic nitrogens is 1. The van der Waals surface area contributed by atoms with Crippen molar-refractivity contribution in [3.8, 4) is 17.0 Å². The fourth-order valence-electron chi connectivity index (χ4n) is 2.82. The maximum atomic E-state index is 11.8. The SMILES string of the molecule is Nc1ccc(-c2ccc3cc(OCCOCCOCCOCC[18F])ccc3n2)cc1. The quantitative estimate of drug-likeness (QED) is 0.339. The highest BCUT2D eigenvalue weighted by atomic mass is 18.2. The first-order valence-corrected chi connectivity index (χ1v) is 9.95. The van der Waals surface area contributed by atoms with Gasteiger partial charge in [-0.25, -0.2) is 9.37 Å². The number of nitrogens with two attached hydrogens (primary N) is 1. The third-order valence-electron chi connectivity index (χ3n) is 4.33. The maximum Gasteiger partial charge on any atom is 0.120 e. The van der Waals surface area contributed by atoms with E-state index in [4.69, 9.17) is 29.7 Å². The van der Waals surface area contributed by atoms with Crippen molar-refractivity contribution < 1.29 is 23.3 Å². The molecule has 0 spiro atoms. The molecule has 0 saturated heterocycles. The van der Waals surface area contributed by atoms with Gasteiger partial charge >= 0.3 is 0 Å². The lowest BCUT2D eigenvalue weighted by Crippen LogP contribution is -2.13. The zero-order valence-corrected chi connectivity index (χ0v) is 16.9. The predicted molar refractivity (Wildman–Crippen MR) is 116 cm³/mol. The number of fused-ring (bicyclic) bond motifs is 1. The monoisotopic (exact) mass is 413 g/mol. The molecule has 1 aromatic heterocycles. The number of rotatable bonds is 13. The van der Waals surface area contributed by atoms with Crippen LogP contribution in [0.1, 0.15) is 0 Å². The Bertz CT molecular complexity index is 905. The number of pyridine rings is 1. The normalized spacial score (nSPS) is 11.1. The van der Waals surface area contributed by atoms with Gasteiger partial charge in [0, 0.05) is 16.6 Å². The summed E-state index contributed by atoms with van der Waals surface area (Å²) in [5.41, 5.74) is 9.32. The van der Waals surface area contributed by atoms with Crippen LogP contribution in [0.15, 0.2) is 54.6 Å². The van der Waals surface area contributed by atoms with Crippen LogP contribution in [0, 0.1) is 0 Å². The lowest BCUT2D eigenvalue weighted by molar-refractivity contribution is 0.00751. The highest BCUT2D eigenvalue weighted by Gasteiger charge is 2.03. The lowest BCUT2D eigenvalue weighted by Gasteiger charge is -2.09. The Morgan fingerprint density at radius 2 is 1.40 bits per heavy atom. The van der Waals surface area contributed by atoms with Crippen molar-refractivity contribution in [3.05, 3.63) is 54.6 Å². The maximum absolute atomic E-state index is 11.8. The molecule has 0 amide bonds. The second-order valence-electron chi connectivity index (χ2n) is 6.55. The van der Waals surface area contributed by atoms with E-state index in [1.54, 1.807) is 0 Å². The molecular weight excluding hydrogens is 386 g/mol. The highest BCUT2D eigenvalue weighted by molar-refractivity contribution is 5.83. The number of hydrogen-bond donors (Lipinski definition) is 1. The molecule has 0 atom stereocenters. The summed E-state index contributed by atoms with van der Waals surface area (Å²) in [7, 11) is 0. The lowest BCUT2D eigenvalue weighted by atomic mass is 10.1. The summed E-state index contributed by atoms with van der Waals surface area (Å²) in [6.07, 6.45) is 0. The first kappa shape index (κ1) is 22.0. The van der Waals surface area contributed by atoms with E-state index in [0.29, 0.717) is 39.6 Å². The molecule has 160 valence electrons. The van der Waals surface area contributed by atoms with E-state index in [1.165, 1.54) is 0 Å². The van der Waals surface area contributed by atoms with Crippen molar-refractivity contribution in [2.45, 2.75) is 0 Å². The average Bonchev–Trinajstić information content (AvgIpc) is 2.77. The molecule has 0 unspecified atom stereocenters. The van der Waals surface area contributed by atoms with Crippen LogP contribution in [0.25, 0.3) is 22.2 Å². The van der Waals surface area contributed by atoms with Gasteiger partial charge in [-0.05, 0) is 36.4 Å². The predicted octanol–water partition coefficient (Wildman–Crippen LogP) is 3.88. The summed E-state index contributed by atoms with van der Waals surface area (Å²) in [6, 6.07) is 17.5. The molecule has 1 heterocycles. The van der Waals surface area contributed by atoms with Gasteiger partial charge in [0.15, 0.2) is 0 Å². The van der Waals surface area contributed by atoms with Crippen LogP contribution in [0.5, 0.6) is 5.75 Å². The number of hydrogen-bond acceptors (Lipinski definition) is 6. The first-order valence-electron chi connectivity index (χ1n) is 9.95. The van der Waals surface area contributed by atoms with Crippen LogP contribution in [0.2, 0.25) is 0 Å². The van der Waals surface area contributed by atoms with Gasteiger partial charge in [0.1, 0.15) is 19.0 Å². The third kappa shape index (κ3) is 6.95. The molecule has 7 heteroatoms. The minimum absolute atomic E-state index is 0.117. The number of nitrogen functional groups attached to an aromatic ring is 1. The van der Waals surface area contributed by atoms with Crippen LogP contribution in [0.3, 0.4) is 0 Å². The Morgan fingerprint density at radius 3 is 2.10 bits per heavy atom. The Labute approximate surface area is 175 Å². The van der Waals surface area contributed by atoms with Gasteiger partial charge in [0.25, 0.3) is 0 Å². The summed E-state index contributed by atoms with van der Waals surface area (Å²) >= 11 is 0. The van der Waals surface area contributed by atoms with Gasteiger partial charge in [0.2, 0.25) is 0 Å². The van der Waals surface area contributed by atoms with Crippen molar-refractivity contribution in [2.75, 3.05) is 58.7 Å². The number of ether oxygens (including phenoxy) is 4. The number of nitrogens with zero attached hydrogens (tertiary/aromatic N) is 1. The smallest absolute Gasteiger partial charge is 0.120 e. The van der Waals surface area contributed by atoms with Crippen molar-refractivity contribution in [3.63, 3.8) is 0 Å². The van der Waals surface area contributed by atoms with E-state index in [2.05, 4.69) is 0 Å². The molecule has 3 rings (SSSR count). The minimum Gasteiger partial charge on any atom is -0.491 e. The molecule has 0 aliphatic carbocycles. The molecule has 0 aliphatic heterocycles. The van der Waals surface area contributed by atoms with Crippen molar-refractivity contribution in [1.82, 2.24) is 4.98 Å². The van der Waals surface area contributed by atoms with Crippen LogP contribution in [-0.4, -0.2) is 57.9 Å². The average molecular weight is 413 g/mol. The third-order valence-corrected chi connectivity index (χ3v) is 4.33. The fourth-order valence-corrected chi connectivity index (χ4v) is 2.82. The number of anilines is 1. The number of benzene rings is 2. The Hall–Kier alpha value is -2.74. The molecule has 0 bridgehead atoms. The highest BCUT2D eigenvalue weighted by Crippen LogP contribution is 2.24. The van der Waals surface area contributed by atoms with E-state index >= 15 is 0 Å². The van der Waals surface area contributed by atoms with E-state index < -0.39 is 6.67 Å². The van der Waals surface area contributed by atoms with Gasteiger partial charge in [0.05, 0.1) is 50.9 Å². The molecule has 30 heavy (non-hydrogen) atoms. The van der Waals surface area contributed by atoms with Crippen LogP contribution in [-0.2, 0) is 14.2 Å². The minimum atomic E-state index is -0.471. The van der Waals surface area contributed by atoms with Gasteiger partial charge in [-0.3, -0.25) is 0 Å². The summed E-state index contributed by atoms with van der Waals surface area (Å²) < 4.78 is 33.3. The second kappa shape index (κ2) is 12.1. The number of halogens is 1. The Balaban J connectivity index is 1.39. The molecule has 0 fully saturated rings. The first-order chi connectivity index (χ1) is 14.8. The van der Waals surface area contributed by atoms with Gasteiger partial charge in [-0.15, -0.1) is 0 Å². The molecular formula is C23H27FN2O4. The molecule has 2 aromatic carbocycles. The van der Waals surface area contributed by atoms with Gasteiger partial charge < -0.3 is 24.7 Å².